The van der Waals surface area contributed by atoms with E-state index < -0.39 is 16.2 Å². The summed E-state index contributed by atoms with van der Waals surface area (Å²) in [6, 6.07) is 13.8. The summed E-state index contributed by atoms with van der Waals surface area (Å²) in [4.78, 5) is 0.186. The van der Waals surface area contributed by atoms with E-state index in [-0.39, 0.29) is 16.9 Å². The van der Waals surface area contributed by atoms with Crippen molar-refractivity contribution in [3.05, 3.63) is 60.4 Å². The van der Waals surface area contributed by atoms with Crippen LogP contribution in [0, 0.1) is 0 Å². The number of hydrogen-bond donors (Lipinski definition) is 0. The predicted molar refractivity (Wildman–Crippen MR) is 122 cm³/mol. The predicted octanol–water partition coefficient (Wildman–Crippen LogP) is 5.04. The average molecular weight is 456 g/mol. The van der Waals surface area contributed by atoms with E-state index in [0.717, 1.165) is 33.5 Å². The largest absolute Gasteiger partial charge is 0.381 e. The minimum Gasteiger partial charge on any atom is -0.381 e. The van der Waals surface area contributed by atoms with Gasteiger partial charge < -0.3 is 9.30 Å². The summed E-state index contributed by atoms with van der Waals surface area (Å²) >= 11 is 0. The quantitative estimate of drug-likeness (QED) is 0.423. The van der Waals surface area contributed by atoms with Gasteiger partial charge in [-0.25, -0.2) is 4.39 Å². The van der Waals surface area contributed by atoms with Crippen molar-refractivity contribution in [2.45, 2.75) is 49.7 Å². The Morgan fingerprint density at radius 2 is 1.72 bits per heavy atom. The zero-order chi connectivity index (χ0) is 22.5. The number of alkyl halides is 1. The maximum Gasteiger partial charge on any atom is 0.283 e. The van der Waals surface area contributed by atoms with Crippen LogP contribution in [0.25, 0.3) is 21.8 Å². The fourth-order valence-corrected chi connectivity index (χ4v) is 5.89. The molecule has 4 aromatic rings. The summed E-state index contributed by atoms with van der Waals surface area (Å²) in [7, 11) is -3.82. The molecule has 8 heteroatoms. The number of hydrogen-bond acceptors (Lipinski definition) is 4. The Morgan fingerprint density at radius 3 is 2.41 bits per heavy atom. The molecule has 1 aliphatic rings. The van der Waals surface area contributed by atoms with Crippen LogP contribution in [-0.4, -0.2) is 41.6 Å². The minimum atomic E-state index is -3.82. The molecule has 0 N–H and O–H groups in total. The Kier molecular flexibility index (Phi) is 5.29. The molecule has 2 aromatic carbocycles. The highest BCUT2D eigenvalue weighted by molar-refractivity contribution is 7.90. The number of benzene rings is 2. The van der Waals surface area contributed by atoms with Gasteiger partial charge in [-0.1, -0.05) is 18.2 Å². The third kappa shape index (κ3) is 3.42. The van der Waals surface area contributed by atoms with Crippen LogP contribution in [0.5, 0.6) is 0 Å². The molecule has 0 aliphatic carbocycles. The summed E-state index contributed by atoms with van der Waals surface area (Å²) in [6.45, 7) is 4.85. The summed E-state index contributed by atoms with van der Waals surface area (Å²) in [6.07, 6.45) is 2.31. The maximum absolute atomic E-state index is 14.5. The van der Waals surface area contributed by atoms with Crippen molar-refractivity contribution in [3.63, 3.8) is 0 Å². The molecule has 0 bridgehead atoms. The van der Waals surface area contributed by atoms with E-state index in [0.29, 0.717) is 24.1 Å². The van der Waals surface area contributed by atoms with Crippen LogP contribution >= 0.6 is 0 Å². The van der Waals surface area contributed by atoms with Gasteiger partial charge in [0.05, 0.1) is 22.7 Å². The van der Waals surface area contributed by atoms with E-state index in [9.17, 15) is 12.8 Å². The zero-order valence-corrected chi connectivity index (χ0v) is 18.9. The van der Waals surface area contributed by atoms with Gasteiger partial charge in [-0.15, -0.1) is 0 Å². The lowest BCUT2D eigenvalue weighted by Crippen LogP contribution is -2.22. The van der Waals surface area contributed by atoms with E-state index in [4.69, 9.17) is 4.74 Å². The van der Waals surface area contributed by atoms with Crippen molar-refractivity contribution in [1.29, 1.82) is 0 Å². The topological polar surface area (TPSA) is 66.1 Å². The van der Waals surface area contributed by atoms with Gasteiger partial charge in [0, 0.05) is 41.1 Å². The molecular weight excluding hydrogens is 429 g/mol. The number of halogens is 1. The zero-order valence-electron chi connectivity index (χ0n) is 18.1. The summed E-state index contributed by atoms with van der Waals surface area (Å²) in [5.74, 6) is 0.282. The van der Waals surface area contributed by atoms with Crippen LogP contribution in [0.1, 0.15) is 44.3 Å². The minimum absolute atomic E-state index is 0.186. The van der Waals surface area contributed by atoms with E-state index in [2.05, 4.69) is 15.7 Å². The van der Waals surface area contributed by atoms with Crippen LogP contribution < -0.4 is 0 Å². The lowest BCUT2D eigenvalue weighted by Gasteiger charge is -2.27. The Labute approximate surface area is 186 Å². The lowest BCUT2D eigenvalue weighted by atomic mass is 9.96. The maximum atomic E-state index is 14.5. The first-order chi connectivity index (χ1) is 15.4. The Bertz CT molecular complexity index is 1370. The monoisotopic (exact) mass is 455 g/mol. The van der Waals surface area contributed by atoms with E-state index in [1.165, 1.54) is 0 Å². The summed E-state index contributed by atoms with van der Waals surface area (Å²) in [5, 5.41) is 5.78. The number of ether oxygens (including phenoxy) is 1. The number of fused-ring (bicyclic) bond motifs is 2. The van der Waals surface area contributed by atoms with Crippen molar-refractivity contribution in [3.8, 4) is 0 Å². The standard InChI is InChI=1S/C24H26FN3O3S/c1-16(25)17(2)27-22(18-8-10-31-11-9-18)12-19-13-24-20(14-23(19)27)15-26-28(24)32(29,30)21-6-4-3-5-7-21/h3-7,12-18H,8-11H2,1-2H3/t16-,17?/m1/s1. The molecule has 2 atom stereocenters. The molecular formula is C24H26FN3O3S. The second kappa shape index (κ2) is 8.01. The molecule has 5 rings (SSSR count). The highest BCUT2D eigenvalue weighted by atomic mass is 32.2. The fourth-order valence-electron chi connectivity index (χ4n) is 4.60. The highest BCUT2D eigenvalue weighted by Crippen LogP contribution is 2.37. The van der Waals surface area contributed by atoms with Crippen molar-refractivity contribution < 1.29 is 17.5 Å². The molecule has 1 unspecified atom stereocenters. The molecule has 3 heterocycles. The third-order valence-corrected chi connectivity index (χ3v) is 8.12. The molecule has 0 radical (unpaired) electrons. The first kappa shape index (κ1) is 21.2. The van der Waals surface area contributed by atoms with Gasteiger partial charge in [0.15, 0.2) is 0 Å². The highest BCUT2D eigenvalue weighted by Gasteiger charge is 2.27. The molecule has 168 valence electrons. The lowest BCUT2D eigenvalue weighted by molar-refractivity contribution is 0.0831. The van der Waals surface area contributed by atoms with Crippen molar-refractivity contribution in [2.24, 2.45) is 0 Å². The van der Waals surface area contributed by atoms with Crippen molar-refractivity contribution in [1.82, 2.24) is 13.8 Å². The van der Waals surface area contributed by atoms with Gasteiger partial charge in [-0.3, -0.25) is 0 Å². The second-order valence-corrected chi connectivity index (χ2v) is 10.3. The van der Waals surface area contributed by atoms with Gasteiger partial charge in [0.2, 0.25) is 0 Å². The van der Waals surface area contributed by atoms with Crippen molar-refractivity contribution in [2.75, 3.05) is 13.2 Å². The van der Waals surface area contributed by atoms with E-state index >= 15 is 0 Å². The van der Waals surface area contributed by atoms with Gasteiger partial charge in [-0.2, -0.15) is 17.6 Å². The summed E-state index contributed by atoms with van der Waals surface area (Å²) in [5.41, 5.74) is 2.49. The van der Waals surface area contributed by atoms with Gasteiger partial charge >= 0.3 is 0 Å². The average Bonchev–Trinajstić information content (AvgIpc) is 3.39. The molecule has 1 fully saturated rings. The second-order valence-electron chi connectivity index (χ2n) is 8.52. The van der Waals surface area contributed by atoms with Gasteiger partial charge in [-0.05, 0) is 57.0 Å². The number of nitrogens with zero attached hydrogens (tertiary/aromatic N) is 3. The molecule has 1 saturated heterocycles. The molecule has 6 nitrogen and oxygen atoms in total. The Hall–Kier alpha value is -2.71. The normalized spacial score (nSPS) is 17.7. The molecule has 1 aliphatic heterocycles. The Balaban J connectivity index is 1.71. The molecule has 2 aromatic heterocycles. The number of aromatic nitrogens is 3. The summed E-state index contributed by atoms with van der Waals surface area (Å²) < 4.78 is 49.5. The molecule has 0 spiro atoms. The fraction of sp³-hybridized carbons (Fsp3) is 0.375. The van der Waals surface area contributed by atoms with E-state index in [1.807, 2.05) is 19.1 Å². The molecule has 0 amide bonds. The first-order valence-electron chi connectivity index (χ1n) is 10.9. The number of rotatable bonds is 5. The van der Waals surface area contributed by atoms with Crippen LogP contribution in [0.2, 0.25) is 0 Å². The van der Waals surface area contributed by atoms with Crippen LogP contribution in [0.15, 0.2) is 59.6 Å². The first-order valence-corrected chi connectivity index (χ1v) is 12.4. The molecule has 0 saturated carbocycles. The van der Waals surface area contributed by atoms with Gasteiger partial charge in [0.1, 0.15) is 6.17 Å². The third-order valence-electron chi connectivity index (χ3n) is 6.51. The van der Waals surface area contributed by atoms with Crippen LogP contribution in [0.3, 0.4) is 0 Å². The molecule has 32 heavy (non-hydrogen) atoms. The smallest absolute Gasteiger partial charge is 0.283 e. The van der Waals surface area contributed by atoms with Crippen LogP contribution in [-0.2, 0) is 14.8 Å². The van der Waals surface area contributed by atoms with Crippen molar-refractivity contribution >= 4 is 31.8 Å². The SMILES string of the molecule is CC([C@@H](C)F)n1c(C2CCOCC2)cc2cc3c(cnn3S(=O)(=O)c3ccccc3)cc21. The Morgan fingerprint density at radius 1 is 1.03 bits per heavy atom. The van der Waals surface area contributed by atoms with E-state index in [1.54, 1.807) is 43.5 Å². The van der Waals surface area contributed by atoms with Gasteiger partial charge in [0.25, 0.3) is 10.0 Å². The van der Waals surface area contributed by atoms with Crippen LogP contribution in [0.4, 0.5) is 4.39 Å².